The fourth-order valence-corrected chi connectivity index (χ4v) is 1.42. The average molecular weight is 189 g/mol. The Morgan fingerprint density at radius 1 is 1.14 bits per heavy atom. The van der Waals surface area contributed by atoms with E-state index >= 15 is 0 Å². The number of aliphatic imine (C=N–C) groups is 1. The summed E-state index contributed by atoms with van der Waals surface area (Å²) >= 11 is 0. The smallest absolute Gasteiger partial charge is 0.115 e. The van der Waals surface area contributed by atoms with Crippen molar-refractivity contribution in [2.45, 2.75) is 19.8 Å². The molecule has 1 aromatic carbocycles. The predicted octanol–water partition coefficient (Wildman–Crippen LogP) is 2.10. The lowest BCUT2D eigenvalue weighted by atomic mass is 10.2. The number of hydrogen-bond acceptors (Lipinski definition) is 3. The molecular formula is C11H15N3. The molecule has 0 radical (unpaired) electrons. The third-order valence-corrected chi connectivity index (χ3v) is 2.28. The summed E-state index contributed by atoms with van der Waals surface area (Å²) in [4.78, 5) is 4.31. The fourth-order valence-electron chi connectivity index (χ4n) is 1.42. The van der Waals surface area contributed by atoms with Crippen LogP contribution in [-0.2, 0) is 0 Å². The van der Waals surface area contributed by atoms with Crippen molar-refractivity contribution in [3.8, 4) is 0 Å². The summed E-state index contributed by atoms with van der Waals surface area (Å²) in [5, 5.41) is 0. The van der Waals surface area contributed by atoms with E-state index in [9.17, 15) is 0 Å². The van der Waals surface area contributed by atoms with Crippen molar-refractivity contribution in [2.75, 3.05) is 12.0 Å². The Morgan fingerprint density at radius 3 is 2.57 bits per heavy atom. The van der Waals surface area contributed by atoms with E-state index in [1.54, 1.807) is 0 Å². The zero-order valence-corrected chi connectivity index (χ0v) is 8.38. The highest BCUT2D eigenvalue weighted by Crippen LogP contribution is 2.08. The SMILES string of the molecule is Cc1ccc(NNC2=NCCC2)cc1. The molecule has 0 atom stereocenters. The first-order valence-corrected chi connectivity index (χ1v) is 4.96. The van der Waals surface area contributed by atoms with Gasteiger partial charge in [0.15, 0.2) is 0 Å². The third kappa shape index (κ3) is 2.25. The summed E-state index contributed by atoms with van der Waals surface area (Å²) < 4.78 is 0. The first-order chi connectivity index (χ1) is 6.84. The van der Waals surface area contributed by atoms with Crippen molar-refractivity contribution in [2.24, 2.45) is 4.99 Å². The Bertz CT molecular complexity index is 327. The third-order valence-electron chi connectivity index (χ3n) is 2.28. The van der Waals surface area contributed by atoms with Crippen LogP contribution in [0.5, 0.6) is 0 Å². The van der Waals surface area contributed by atoms with Gasteiger partial charge in [-0.05, 0) is 25.5 Å². The zero-order chi connectivity index (χ0) is 9.80. The molecular weight excluding hydrogens is 174 g/mol. The molecule has 1 heterocycles. The molecule has 0 bridgehead atoms. The van der Waals surface area contributed by atoms with Gasteiger partial charge in [-0.2, -0.15) is 0 Å². The molecule has 0 saturated carbocycles. The van der Waals surface area contributed by atoms with Crippen molar-refractivity contribution < 1.29 is 0 Å². The lowest BCUT2D eigenvalue weighted by molar-refractivity contribution is 0.944. The van der Waals surface area contributed by atoms with E-state index in [1.165, 1.54) is 5.56 Å². The molecule has 2 N–H and O–H groups in total. The number of hydrazine groups is 1. The van der Waals surface area contributed by atoms with Crippen LogP contribution in [0, 0.1) is 6.92 Å². The van der Waals surface area contributed by atoms with Crippen molar-refractivity contribution >= 4 is 11.5 Å². The zero-order valence-electron chi connectivity index (χ0n) is 8.38. The lowest BCUT2D eigenvalue weighted by Gasteiger charge is -2.08. The van der Waals surface area contributed by atoms with E-state index < -0.39 is 0 Å². The maximum atomic E-state index is 4.31. The van der Waals surface area contributed by atoms with Gasteiger partial charge in [-0.3, -0.25) is 15.8 Å². The van der Waals surface area contributed by atoms with Crippen LogP contribution in [0.1, 0.15) is 18.4 Å². The van der Waals surface area contributed by atoms with Crippen molar-refractivity contribution in [3.63, 3.8) is 0 Å². The van der Waals surface area contributed by atoms with Gasteiger partial charge < -0.3 is 0 Å². The molecule has 0 aliphatic carbocycles. The summed E-state index contributed by atoms with van der Waals surface area (Å²) in [5.41, 5.74) is 8.60. The number of rotatable bonds is 2. The fraction of sp³-hybridized carbons (Fsp3) is 0.364. The van der Waals surface area contributed by atoms with Crippen LogP contribution in [0.4, 0.5) is 5.69 Å². The molecule has 0 fully saturated rings. The molecule has 3 heteroatoms. The monoisotopic (exact) mass is 189 g/mol. The van der Waals surface area contributed by atoms with E-state index in [0.29, 0.717) is 0 Å². The standard InChI is InChI=1S/C11H15N3/c1-9-4-6-10(7-5-9)13-14-11-3-2-8-12-11/h4-7,13H,2-3,8H2,1H3,(H,12,14). The van der Waals surface area contributed by atoms with Gasteiger partial charge in [-0.15, -0.1) is 0 Å². The topological polar surface area (TPSA) is 36.4 Å². The molecule has 1 aromatic rings. The van der Waals surface area contributed by atoms with Crippen molar-refractivity contribution in [1.29, 1.82) is 0 Å². The molecule has 3 nitrogen and oxygen atoms in total. The first kappa shape index (κ1) is 9.06. The Hall–Kier alpha value is -1.51. The van der Waals surface area contributed by atoms with Gasteiger partial charge in [0.2, 0.25) is 0 Å². The minimum absolute atomic E-state index is 0.956. The van der Waals surface area contributed by atoms with Gasteiger partial charge in [0, 0.05) is 13.0 Å². The molecule has 0 saturated heterocycles. The molecule has 0 spiro atoms. The van der Waals surface area contributed by atoms with E-state index in [2.05, 4.69) is 47.0 Å². The molecule has 74 valence electrons. The van der Waals surface area contributed by atoms with E-state index in [1.807, 2.05) is 0 Å². The summed E-state index contributed by atoms with van der Waals surface area (Å²) in [7, 11) is 0. The van der Waals surface area contributed by atoms with Gasteiger partial charge in [0.25, 0.3) is 0 Å². The number of nitrogens with zero attached hydrogens (tertiary/aromatic N) is 1. The lowest BCUT2D eigenvalue weighted by Crippen LogP contribution is -2.27. The Labute approximate surface area is 84.2 Å². The van der Waals surface area contributed by atoms with Crippen LogP contribution in [0.3, 0.4) is 0 Å². The summed E-state index contributed by atoms with van der Waals surface area (Å²) in [6.07, 6.45) is 2.22. The number of aryl methyl sites for hydroxylation is 1. The summed E-state index contributed by atoms with van der Waals surface area (Å²) in [5.74, 6) is 1.06. The van der Waals surface area contributed by atoms with Crippen LogP contribution in [0.2, 0.25) is 0 Å². The first-order valence-electron chi connectivity index (χ1n) is 4.96. The highest BCUT2D eigenvalue weighted by molar-refractivity contribution is 5.84. The molecule has 1 aliphatic heterocycles. The highest BCUT2D eigenvalue weighted by Gasteiger charge is 2.04. The van der Waals surface area contributed by atoms with Crippen LogP contribution >= 0.6 is 0 Å². The van der Waals surface area contributed by atoms with Gasteiger partial charge >= 0.3 is 0 Å². The number of amidine groups is 1. The highest BCUT2D eigenvalue weighted by atomic mass is 15.4. The second kappa shape index (κ2) is 4.13. The summed E-state index contributed by atoms with van der Waals surface area (Å²) in [6, 6.07) is 8.27. The van der Waals surface area contributed by atoms with Crippen molar-refractivity contribution in [1.82, 2.24) is 5.43 Å². The second-order valence-corrected chi connectivity index (χ2v) is 3.55. The van der Waals surface area contributed by atoms with Gasteiger partial charge in [0.1, 0.15) is 5.84 Å². The van der Waals surface area contributed by atoms with E-state index in [4.69, 9.17) is 0 Å². The Morgan fingerprint density at radius 2 is 1.93 bits per heavy atom. The number of nitrogens with one attached hydrogen (secondary N) is 2. The van der Waals surface area contributed by atoms with Crippen LogP contribution in [0.15, 0.2) is 29.3 Å². The van der Waals surface area contributed by atoms with Gasteiger partial charge in [-0.25, -0.2) is 0 Å². The summed E-state index contributed by atoms with van der Waals surface area (Å²) in [6.45, 7) is 3.04. The Balaban J connectivity index is 1.88. The largest absolute Gasteiger partial charge is 0.300 e. The maximum Gasteiger partial charge on any atom is 0.115 e. The van der Waals surface area contributed by atoms with Crippen LogP contribution in [-0.4, -0.2) is 12.4 Å². The molecule has 0 amide bonds. The molecule has 0 unspecified atom stereocenters. The van der Waals surface area contributed by atoms with Crippen LogP contribution in [0.25, 0.3) is 0 Å². The van der Waals surface area contributed by atoms with E-state index in [-0.39, 0.29) is 0 Å². The maximum absolute atomic E-state index is 4.31. The quantitative estimate of drug-likeness (QED) is 0.699. The average Bonchev–Trinajstić information content (AvgIpc) is 2.70. The van der Waals surface area contributed by atoms with Gasteiger partial charge in [-0.1, -0.05) is 17.7 Å². The number of hydrogen-bond donors (Lipinski definition) is 2. The van der Waals surface area contributed by atoms with Crippen LogP contribution < -0.4 is 10.9 Å². The molecule has 1 aliphatic rings. The normalized spacial score (nSPS) is 15.1. The number of anilines is 1. The van der Waals surface area contributed by atoms with E-state index in [0.717, 1.165) is 30.9 Å². The molecule has 0 aromatic heterocycles. The molecule has 14 heavy (non-hydrogen) atoms. The minimum Gasteiger partial charge on any atom is -0.300 e. The van der Waals surface area contributed by atoms with Crippen molar-refractivity contribution in [3.05, 3.63) is 29.8 Å². The Kier molecular flexibility index (Phi) is 2.68. The van der Waals surface area contributed by atoms with Gasteiger partial charge in [0.05, 0.1) is 5.69 Å². The second-order valence-electron chi connectivity index (χ2n) is 3.55. The minimum atomic E-state index is 0.956. The predicted molar refractivity (Wildman–Crippen MR) is 59.5 cm³/mol. The number of benzene rings is 1. The molecule has 2 rings (SSSR count).